The van der Waals surface area contributed by atoms with Crippen LogP contribution in [0.4, 0.5) is 5.69 Å². The van der Waals surface area contributed by atoms with Crippen molar-refractivity contribution in [2.45, 2.75) is 18.4 Å². The molecular weight excluding hydrogens is 404 g/mol. The minimum atomic E-state index is -3.80. The fourth-order valence-electron chi connectivity index (χ4n) is 2.85. The average molecular weight is 425 g/mol. The van der Waals surface area contributed by atoms with E-state index in [1.165, 1.54) is 24.3 Å². The number of sulfonamides is 2. The third-order valence-corrected chi connectivity index (χ3v) is 7.65. The molecule has 1 unspecified atom stereocenters. The number of nitrogens with zero attached hydrogens (tertiary/aromatic N) is 1. The standard InChI is InChI=1S/C18H20N2O6S2/c1-13-12-27(22,23)20(18(13)21)15-5-9-17(10-6-15)28(24,25)19-11-14-3-7-16(26-2)8-4-14/h3-10,13,19H,11-12H2,1-2H3. The van der Waals surface area contributed by atoms with E-state index in [1.54, 1.807) is 38.3 Å². The summed E-state index contributed by atoms with van der Waals surface area (Å²) in [5, 5.41) is 0. The van der Waals surface area contributed by atoms with Crippen molar-refractivity contribution in [1.29, 1.82) is 0 Å². The van der Waals surface area contributed by atoms with Crippen LogP contribution in [0.25, 0.3) is 0 Å². The largest absolute Gasteiger partial charge is 0.497 e. The zero-order valence-corrected chi connectivity index (χ0v) is 17.0. The van der Waals surface area contributed by atoms with Gasteiger partial charge in [0.1, 0.15) is 5.75 Å². The number of anilines is 1. The molecule has 1 aliphatic rings. The van der Waals surface area contributed by atoms with Gasteiger partial charge in [0.15, 0.2) is 0 Å². The van der Waals surface area contributed by atoms with Gasteiger partial charge in [0.05, 0.1) is 29.4 Å². The van der Waals surface area contributed by atoms with Crippen LogP contribution < -0.4 is 13.8 Å². The summed E-state index contributed by atoms with van der Waals surface area (Å²) < 4.78 is 57.5. The van der Waals surface area contributed by atoms with E-state index >= 15 is 0 Å². The van der Waals surface area contributed by atoms with Crippen molar-refractivity contribution in [1.82, 2.24) is 4.72 Å². The Morgan fingerprint density at radius 2 is 1.71 bits per heavy atom. The maximum atomic E-state index is 12.5. The predicted molar refractivity (Wildman–Crippen MR) is 104 cm³/mol. The number of rotatable bonds is 6. The van der Waals surface area contributed by atoms with Gasteiger partial charge in [0.2, 0.25) is 26.0 Å². The van der Waals surface area contributed by atoms with Gasteiger partial charge >= 0.3 is 0 Å². The van der Waals surface area contributed by atoms with Gasteiger partial charge in [-0.2, -0.15) is 0 Å². The van der Waals surface area contributed by atoms with Crippen LogP contribution in [0.3, 0.4) is 0 Å². The molecule has 1 N–H and O–H groups in total. The molecule has 10 heteroatoms. The van der Waals surface area contributed by atoms with Crippen molar-refractivity contribution in [3.8, 4) is 5.75 Å². The molecule has 2 aromatic carbocycles. The molecule has 1 heterocycles. The summed E-state index contributed by atoms with van der Waals surface area (Å²) in [5.41, 5.74) is 0.882. The Bertz CT molecular complexity index is 1080. The molecule has 1 atom stereocenters. The number of benzene rings is 2. The second-order valence-electron chi connectivity index (χ2n) is 6.45. The van der Waals surface area contributed by atoms with E-state index in [9.17, 15) is 21.6 Å². The van der Waals surface area contributed by atoms with Gasteiger partial charge in [0.25, 0.3) is 0 Å². The van der Waals surface area contributed by atoms with Gasteiger partial charge in [-0.1, -0.05) is 19.1 Å². The van der Waals surface area contributed by atoms with Crippen LogP contribution in [0.15, 0.2) is 53.4 Å². The predicted octanol–water partition coefficient (Wildman–Crippen LogP) is 1.49. The van der Waals surface area contributed by atoms with Crippen LogP contribution in [0.2, 0.25) is 0 Å². The summed E-state index contributed by atoms with van der Waals surface area (Å²) in [6.45, 7) is 1.63. The lowest BCUT2D eigenvalue weighted by Crippen LogP contribution is -2.30. The first-order valence-electron chi connectivity index (χ1n) is 8.43. The fourth-order valence-corrected chi connectivity index (χ4v) is 5.69. The Morgan fingerprint density at radius 3 is 2.21 bits per heavy atom. The number of hydrogen-bond donors (Lipinski definition) is 1. The lowest BCUT2D eigenvalue weighted by atomic mass is 10.2. The molecule has 0 spiro atoms. The number of nitrogens with one attached hydrogen (secondary N) is 1. The highest BCUT2D eigenvalue weighted by atomic mass is 32.2. The van der Waals surface area contributed by atoms with Crippen molar-refractivity contribution >= 4 is 31.6 Å². The van der Waals surface area contributed by atoms with Gasteiger partial charge in [-0.05, 0) is 42.0 Å². The van der Waals surface area contributed by atoms with Crippen LogP contribution in [0, 0.1) is 5.92 Å². The van der Waals surface area contributed by atoms with Crippen LogP contribution in [-0.2, 0) is 31.4 Å². The van der Waals surface area contributed by atoms with Gasteiger partial charge < -0.3 is 4.74 Å². The Morgan fingerprint density at radius 1 is 1.11 bits per heavy atom. The summed E-state index contributed by atoms with van der Waals surface area (Å²) in [6.07, 6.45) is 0. The molecular formula is C18H20N2O6S2. The van der Waals surface area contributed by atoms with E-state index in [0.717, 1.165) is 9.87 Å². The molecule has 0 radical (unpaired) electrons. The zero-order chi connectivity index (χ0) is 20.5. The number of carbonyl (C=O) groups is 1. The van der Waals surface area contributed by atoms with Gasteiger partial charge in [-0.3, -0.25) is 4.79 Å². The average Bonchev–Trinajstić information content (AvgIpc) is 2.87. The fraction of sp³-hybridized carbons (Fsp3) is 0.278. The zero-order valence-electron chi connectivity index (χ0n) is 15.3. The van der Waals surface area contributed by atoms with Crippen molar-refractivity contribution in [3.05, 3.63) is 54.1 Å². The Balaban J connectivity index is 1.75. The van der Waals surface area contributed by atoms with Crippen LogP contribution in [-0.4, -0.2) is 35.6 Å². The third-order valence-electron chi connectivity index (χ3n) is 4.37. The second-order valence-corrected chi connectivity index (χ2v) is 10.1. The molecule has 28 heavy (non-hydrogen) atoms. The minimum absolute atomic E-state index is 0.0261. The van der Waals surface area contributed by atoms with Crippen molar-refractivity contribution in [2.75, 3.05) is 17.2 Å². The van der Waals surface area contributed by atoms with Gasteiger partial charge in [-0.15, -0.1) is 0 Å². The molecule has 3 rings (SSSR count). The maximum absolute atomic E-state index is 12.5. The van der Waals surface area contributed by atoms with Crippen molar-refractivity contribution in [2.24, 2.45) is 5.92 Å². The maximum Gasteiger partial charge on any atom is 0.244 e. The smallest absolute Gasteiger partial charge is 0.244 e. The minimum Gasteiger partial charge on any atom is -0.497 e. The molecule has 0 aromatic heterocycles. The van der Waals surface area contributed by atoms with E-state index in [-0.39, 0.29) is 22.9 Å². The normalized spacial score (nSPS) is 19.0. The SMILES string of the molecule is COc1ccc(CNS(=O)(=O)c2ccc(N3C(=O)C(C)CS3(=O)=O)cc2)cc1. The van der Waals surface area contributed by atoms with E-state index in [4.69, 9.17) is 4.74 Å². The molecule has 2 aromatic rings. The number of amides is 1. The van der Waals surface area contributed by atoms with Crippen molar-refractivity contribution in [3.63, 3.8) is 0 Å². The summed E-state index contributed by atoms with van der Waals surface area (Å²) in [6, 6.07) is 12.1. The lowest BCUT2D eigenvalue weighted by Gasteiger charge is -2.15. The summed E-state index contributed by atoms with van der Waals surface area (Å²) in [7, 11) is -5.99. The Hall–Kier alpha value is -2.43. The van der Waals surface area contributed by atoms with E-state index in [1.807, 2.05) is 0 Å². The quantitative estimate of drug-likeness (QED) is 0.752. The number of carbonyl (C=O) groups excluding carboxylic acids is 1. The van der Waals surface area contributed by atoms with Crippen LogP contribution in [0.1, 0.15) is 12.5 Å². The van der Waals surface area contributed by atoms with Crippen LogP contribution >= 0.6 is 0 Å². The van der Waals surface area contributed by atoms with E-state index < -0.39 is 31.9 Å². The lowest BCUT2D eigenvalue weighted by molar-refractivity contribution is -0.119. The Kier molecular flexibility index (Phi) is 5.46. The van der Waals surface area contributed by atoms with E-state index in [2.05, 4.69) is 4.72 Å². The Labute approximate surface area is 164 Å². The summed E-state index contributed by atoms with van der Waals surface area (Å²) >= 11 is 0. The highest BCUT2D eigenvalue weighted by Gasteiger charge is 2.41. The van der Waals surface area contributed by atoms with Crippen molar-refractivity contribution < 1.29 is 26.4 Å². The van der Waals surface area contributed by atoms with Crippen LogP contribution in [0.5, 0.6) is 5.75 Å². The number of hydrogen-bond acceptors (Lipinski definition) is 6. The molecule has 8 nitrogen and oxygen atoms in total. The molecule has 150 valence electrons. The first-order chi connectivity index (χ1) is 13.1. The molecule has 1 fully saturated rings. The molecule has 0 aliphatic carbocycles. The topological polar surface area (TPSA) is 110 Å². The van der Waals surface area contributed by atoms with Gasteiger partial charge in [0, 0.05) is 6.54 Å². The number of methoxy groups -OCH3 is 1. The summed E-state index contributed by atoms with van der Waals surface area (Å²) in [4.78, 5) is 12.1. The number of ether oxygens (including phenoxy) is 1. The highest BCUT2D eigenvalue weighted by Crippen LogP contribution is 2.29. The first kappa shape index (κ1) is 20.3. The summed E-state index contributed by atoms with van der Waals surface area (Å²) in [5.74, 6) is -0.731. The third kappa shape index (κ3) is 4.03. The second kappa shape index (κ2) is 7.53. The molecule has 1 aliphatic heterocycles. The van der Waals surface area contributed by atoms with E-state index in [0.29, 0.717) is 5.75 Å². The molecule has 0 saturated carbocycles. The molecule has 0 bridgehead atoms. The monoisotopic (exact) mass is 424 g/mol. The molecule has 1 saturated heterocycles. The van der Waals surface area contributed by atoms with Gasteiger partial charge in [-0.25, -0.2) is 25.9 Å². The first-order valence-corrected chi connectivity index (χ1v) is 11.5. The molecule has 1 amide bonds. The highest BCUT2D eigenvalue weighted by molar-refractivity contribution is 7.94.